The molecule has 6 heteroatoms. The minimum absolute atomic E-state index is 0.139. The van der Waals surface area contributed by atoms with E-state index in [1.807, 2.05) is 0 Å². The zero-order chi connectivity index (χ0) is 11.6. The topological polar surface area (TPSA) is 97.5 Å². The van der Waals surface area contributed by atoms with Crippen molar-refractivity contribution in [2.75, 3.05) is 0 Å². The zero-order valence-electron chi connectivity index (χ0n) is 8.90. The van der Waals surface area contributed by atoms with Gasteiger partial charge in [0.2, 0.25) is 5.96 Å². The quantitative estimate of drug-likeness (QED) is 0.393. The molecule has 3 N–H and O–H groups in total. The number of hydrogen-bond donors (Lipinski definition) is 3. The lowest BCUT2D eigenvalue weighted by molar-refractivity contribution is -0.132. The van der Waals surface area contributed by atoms with Crippen LogP contribution in [0, 0.1) is 17.4 Å². The lowest BCUT2D eigenvalue weighted by Gasteiger charge is -2.38. The summed E-state index contributed by atoms with van der Waals surface area (Å²) >= 11 is 0. The number of rotatable bonds is 1. The number of guanidine groups is 1. The summed E-state index contributed by atoms with van der Waals surface area (Å²) in [5.74, 6) is -0.561. The van der Waals surface area contributed by atoms with Crippen LogP contribution in [0.4, 0.5) is 0 Å². The Hall–Kier alpha value is -1.61. The molecule has 0 unspecified atom stereocenters. The van der Waals surface area contributed by atoms with E-state index in [2.05, 4.69) is 15.6 Å². The molecule has 1 rings (SSSR count). The maximum atomic E-state index is 11.3. The van der Waals surface area contributed by atoms with Crippen molar-refractivity contribution in [1.82, 2.24) is 10.6 Å². The normalized spacial score (nSPS) is 34.7. The third kappa shape index (κ3) is 2.25. The minimum atomic E-state index is -1.38. The Kier molecular flexibility index (Phi) is 2.95. The van der Waals surface area contributed by atoms with Crippen molar-refractivity contribution in [2.24, 2.45) is 10.9 Å². The van der Waals surface area contributed by atoms with E-state index >= 15 is 0 Å². The molecule has 0 spiro atoms. The van der Waals surface area contributed by atoms with Gasteiger partial charge in [-0.3, -0.25) is 10.1 Å². The molecular formula is C9H14N4O2. The van der Waals surface area contributed by atoms with Crippen molar-refractivity contribution >= 4 is 11.7 Å². The number of hydrogen-bond acceptors (Lipinski definition) is 6. The fraction of sp³-hybridized carbons (Fsp3) is 0.667. The van der Waals surface area contributed by atoms with Gasteiger partial charge < -0.3 is 10.4 Å². The molecule has 3 atom stereocenters. The number of nitrogens with one attached hydrogen (secondary N) is 2. The van der Waals surface area contributed by atoms with Crippen LogP contribution in [0.3, 0.4) is 0 Å². The maximum absolute atomic E-state index is 11.3. The van der Waals surface area contributed by atoms with Gasteiger partial charge in [-0.1, -0.05) is 0 Å². The van der Waals surface area contributed by atoms with Gasteiger partial charge in [-0.25, -0.2) is 4.99 Å². The Morgan fingerprint density at radius 3 is 2.80 bits per heavy atom. The number of aliphatic imine (C=N–C) groups is 1. The average Bonchev–Trinajstić information content (AvgIpc) is 1.99. The second-order valence-electron chi connectivity index (χ2n) is 3.82. The lowest BCUT2D eigenvalue weighted by Crippen LogP contribution is -2.62. The van der Waals surface area contributed by atoms with Crippen LogP contribution < -0.4 is 10.6 Å². The second kappa shape index (κ2) is 3.87. The number of carbonyl (C=O) groups is 1. The van der Waals surface area contributed by atoms with Gasteiger partial charge >= 0.3 is 0 Å². The smallest absolute Gasteiger partial charge is 0.207 e. The molecule has 0 saturated heterocycles. The van der Waals surface area contributed by atoms with E-state index in [1.54, 1.807) is 13.1 Å². The maximum Gasteiger partial charge on any atom is 0.207 e. The molecule has 15 heavy (non-hydrogen) atoms. The molecular weight excluding hydrogens is 196 g/mol. The SMILES string of the molecule is CC(=O)[C@H]1[C@@H](C)N=C(NC#N)N[C@]1(C)O. The van der Waals surface area contributed by atoms with Gasteiger partial charge in [0, 0.05) is 0 Å². The van der Waals surface area contributed by atoms with Gasteiger partial charge in [0.25, 0.3) is 0 Å². The first-order valence-electron chi connectivity index (χ1n) is 4.62. The number of nitriles is 1. The predicted molar refractivity (Wildman–Crippen MR) is 53.6 cm³/mol. The van der Waals surface area contributed by atoms with Gasteiger partial charge in [-0.05, 0) is 20.8 Å². The monoisotopic (exact) mass is 210 g/mol. The molecule has 6 nitrogen and oxygen atoms in total. The van der Waals surface area contributed by atoms with Gasteiger partial charge in [-0.2, -0.15) is 5.26 Å². The number of aliphatic hydroxyl groups is 1. The van der Waals surface area contributed by atoms with Crippen molar-refractivity contribution < 1.29 is 9.90 Å². The Morgan fingerprint density at radius 1 is 1.80 bits per heavy atom. The molecule has 1 aliphatic heterocycles. The number of carbonyl (C=O) groups excluding carboxylic acids is 1. The number of ketones is 1. The van der Waals surface area contributed by atoms with E-state index < -0.39 is 11.6 Å². The molecule has 0 aromatic heterocycles. The van der Waals surface area contributed by atoms with Gasteiger partial charge in [0.1, 0.15) is 11.5 Å². The summed E-state index contributed by atoms with van der Waals surface area (Å²) in [4.78, 5) is 15.4. The van der Waals surface area contributed by atoms with Crippen LogP contribution in [0.2, 0.25) is 0 Å². The highest BCUT2D eigenvalue weighted by atomic mass is 16.3. The highest BCUT2D eigenvalue weighted by Gasteiger charge is 2.43. The fourth-order valence-electron chi connectivity index (χ4n) is 1.95. The third-order valence-electron chi connectivity index (χ3n) is 2.40. The van der Waals surface area contributed by atoms with E-state index in [4.69, 9.17) is 5.26 Å². The third-order valence-corrected chi connectivity index (χ3v) is 2.40. The van der Waals surface area contributed by atoms with Crippen LogP contribution in [0.1, 0.15) is 20.8 Å². The first-order valence-corrected chi connectivity index (χ1v) is 4.62. The Morgan fingerprint density at radius 2 is 2.40 bits per heavy atom. The first kappa shape index (κ1) is 11.5. The fourth-order valence-corrected chi connectivity index (χ4v) is 1.95. The summed E-state index contributed by atoms with van der Waals surface area (Å²) in [5, 5.41) is 23.3. The van der Waals surface area contributed by atoms with Crippen molar-refractivity contribution in [3.63, 3.8) is 0 Å². The highest BCUT2D eigenvalue weighted by molar-refractivity contribution is 5.87. The minimum Gasteiger partial charge on any atom is -0.370 e. The summed E-state index contributed by atoms with van der Waals surface area (Å²) in [7, 11) is 0. The summed E-state index contributed by atoms with van der Waals surface area (Å²) in [5.41, 5.74) is -1.38. The second-order valence-corrected chi connectivity index (χ2v) is 3.82. The van der Waals surface area contributed by atoms with Crippen LogP contribution in [-0.2, 0) is 4.79 Å². The molecule has 0 bridgehead atoms. The van der Waals surface area contributed by atoms with Gasteiger partial charge in [0.05, 0.1) is 12.0 Å². The molecule has 0 saturated carbocycles. The highest BCUT2D eigenvalue weighted by Crippen LogP contribution is 2.24. The Balaban J connectivity index is 2.98. The molecule has 1 aliphatic rings. The number of Topliss-reactive ketones (excluding diaryl/α,β-unsaturated/α-hetero) is 1. The van der Waals surface area contributed by atoms with Gasteiger partial charge in [0.15, 0.2) is 6.19 Å². The zero-order valence-corrected chi connectivity index (χ0v) is 8.90. The van der Waals surface area contributed by atoms with Crippen LogP contribution in [0.25, 0.3) is 0 Å². The lowest BCUT2D eigenvalue weighted by atomic mass is 9.86. The van der Waals surface area contributed by atoms with Crippen LogP contribution in [0.15, 0.2) is 4.99 Å². The van der Waals surface area contributed by atoms with Crippen molar-refractivity contribution in [3.8, 4) is 6.19 Å². The average molecular weight is 210 g/mol. The first-order chi connectivity index (χ1) is 6.88. The molecule has 1 heterocycles. The molecule has 0 aromatic rings. The summed E-state index contributed by atoms with van der Waals surface area (Å²) in [6.07, 6.45) is 1.70. The number of nitrogens with zero attached hydrogens (tertiary/aromatic N) is 2. The molecule has 82 valence electrons. The summed E-state index contributed by atoms with van der Waals surface area (Å²) < 4.78 is 0. The molecule has 0 amide bonds. The largest absolute Gasteiger partial charge is 0.370 e. The standard InChI is InChI=1S/C9H14N4O2/c1-5-7(6(2)14)9(3,15)13-8(12-5)11-4-10/h5,7,15H,1-3H3,(H2,11,12,13)/t5-,7-,9-/m1/s1. The van der Waals surface area contributed by atoms with E-state index in [1.165, 1.54) is 13.8 Å². The van der Waals surface area contributed by atoms with Crippen molar-refractivity contribution in [1.29, 1.82) is 5.26 Å². The van der Waals surface area contributed by atoms with Crippen LogP contribution in [-0.4, -0.2) is 28.6 Å². The van der Waals surface area contributed by atoms with Crippen molar-refractivity contribution in [3.05, 3.63) is 0 Å². The van der Waals surface area contributed by atoms with E-state index in [0.717, 1.165) is 0 Å². The molecule has 0 fully saturated rings. The summed E-state index contributed by atoms with van der Waals surface area (Å²) in [6.45, 7) is 4.62. The Labute approximate surface area is 88.0 Å². The van der Waals surface area contributed by atoms with Crippen molar-refractivity contribution in [2.45, 2.75) is 32.5 Å². The molecule has 0 aliphatic carbocycles. The van der Waals surface area contributed by atoms with E-state index in [0.29, 0.717) is 0 Å². The van der Waals surface area contributed by atoms with E-state index in [9.17, 15) is 9.90 Å². The Bertz CT molecular complexity index is 343. The summed E-state index contributed by atoms with van der Waals surface area (Å²) in [6, 6.07) is -0.366. The van der Waals surface area contributed by atoms with Gasteiger partial charge in [-0.15, -0.1) is 0 Å². The predicted octanol–water partition coefficient (Wildman–Crippen LogP) is -0.682. The molecule has 0 radical (unpaired) electrons. The van der Waals surface area contributed by atoms with Crippen LogP contribution >= 0.6 is 0 Å². The van der Waals surface area contributed by atoms with Crippen LogP contribution in [0.5, 0.6) is 0 Å². The van der Waals surface area contributed by atoms with E-state index in [-0.39, 0.29) is 17.8 Å². The molecule has 0 aromatic carbocycles.